The molecule has 144 valence electrons. The Balaban J connectivity index is 1.30. The normalized spacial score (nSPS) is 15.0. The van der Waals surface area contributed by atoms with E-state index in [9.17, 15) is 9.59 Å². The van der Waals surface area contributed by atoms with Crippen molar-refractivity contribution in [1.82, 2.24) is 10.6 Å². The van der Waals surface area contributed by atoms with Crippen LogP contribution in [0.1, 0.15) is 37.1 Å². The lowest BCUT2D eigenvalue weighted by molar-refractivity contribution is -0.117. The molecule has 6 nitrogen and oxygen atoms in total. The molecule has 1 unspecified atom stereocenters. The van der Waals surface area contributed by atoms with Gasteiger partial charge in [0.2, 0.25) is 5.91 Å². The van der Waals surface area contributed by atoms with Crippen molar-refractivity contribution < 1.29 is 14.0 Å². The van der Waals surface area contributed by atoms with Crippen molar-refractivity contribution in [1.29, 1.82) is 0 Å². The average molecular weight is 377 g/mol. The third-order valence-electron chi connectivity index (χ3n) is 4.99. The Morgan fingerprint density at radius 2 is 1.96 bits per heavy atom. The average Bonchev–Trinajstić information content (AvgIpc) is 3.33. The van der Waals surface area contributed by atoms with Crippen LogP contribution in [0, 0.1) is 0 Å². The van der Waals surface area contributed by atoms with Gasteiger partial charge in [-0.05, 0) is 43.2 Å². The maximum Gasteiger partial charge on any atom is 0.315 e. The fourth-order valence-electron chi connectivity index (χ4n) is 3.43. The molecule has 0 aliphatic carbocycles. The number of rotatable bonds is 5. The van der Waals surface area contributed by atoms with Crippen molar-refractivity contribution in [3.63, 3.8) is 0 Å². The van der Waals surface area contributed by atoms with Gasteiger partial charge < -0.3 is 20.0 Å². The first-order valence-corrected chi connectivity index (χ1v) is 9.52. The second-order valence-corrected chi connectivity index (χ2v) is 7.05. The van der Waals surface area contributed by atoms with E-state index in [1.54, 1.807) is 4.90 Å². The molecule has 0 saturated carbocycles. The monoisotopic (exact) mass is 377 g/mol. The van der Waals surface area contributed by atoms with Crippen LogP contribution in [0.3, 0.4) is 0 Å². The van der Waals surface area contributed by atoms with E-state index in [-0.39, 0.29) is 18.0 Å². The quantitative estimate of drug-likeness (QED) is 0.702. The predicted octanol–water partition coefficient (Wildman–Crippen LogP) is 4.12. The molecule has 1 saturated heterocycles. The number of urea groups is 1. The highest BCUT2D eigenvalue weighted by Gasteiger charge is 2.21. The van der Waals surface area contributed by atoms with Gasteiger partial charge in [-0.15, -0.1) is 0 Å². The van der Waals surface area contributed by atoms with Crippen LogP contribution in [0.4, 0.5) is 10.5 Å². The summed E-state index contributed by atoms with van der Waals surface area (Å²) in [6, 6.07) is 16.9. The van der Waals surface area contributed by atoms with Gasteiger partial charge in [-0.25, -0.2) is 4.79 Å². The molecule has 1 aromatic heterocycles. The number of hydrogen-bond donors (Lipinski definition) is 2. The van der Waals surface area contributed by atoms with Crippen LogP contribution in [0.15, 0.2) is 59.0 Å². The molecule has 2 aromatic carbocycles. The third-order valence-corrected chi connectivity index (χ3v) is 4.99. The number of carbonyl (C=O) groups excluding carboxylic acids is 2. The minimum Gasteiger partial charge on any atom is -0.459 e. The molecule has 2 N–H and O–H groups in total. The molecule has 2 heterocycles. The van der Waals surface area contributed by atoms with Gasteiger partial charge in [0.1, 0.15) is 11.3 Å². The number of nitrogens with zero attached hydrogens (tertiary/aromatic N) is 1. The summed E-state index contributed by atoms with van der Waals surface area (Å²) in [5.41, 5.74) is 2.69. The molecule has 0 spiro atoms. The largest absolute Gasteiger partial charge is 0.459 e. The van der Waals surface area contributed by atoms with Gasteiger partial charge in [-0.3, -0.25) is 4.79 Å². The Labute approximate surface area is 163 Å². The molecule has 1 fully saturated rings. The first-order chi connectivity index (χ1) is 13.6. The van der Waals surface area contributed by atoms with Crippen molar-refractivity contribution in [3.8, 4) is 0 Å². The van der Waals surface area contributed by atoms with Gasteiger partial charge in [0.15, 0.2) is 0 Å². The Morgan fingerprint density at radius 3 is 2.68 bits per heavy atom. The lowest BCUT2D eigenvalue weighted by atomic mass is 10.2. The molecule has 3 amide bonds. The third kappa shape index (κ3) is 3.86. The van der Waals surface area contributed by atoms with E-state index >= 15 is 0 Å². The smallest absolute Gasteiger partial charge is 0.315 e. The van der Waals surface area contributed by atoms with Crippen LogP contribution < -0.4 is 15.5 Å². The second-order valence-electron chi connectivity index (χ2n) is 7.05. The van der Waals surface area contributed by atoms with Gasteiger partial charge in [0, 0.05) is 30.6 Å². The zero-order valence-corrected chi connectivity index (χ0v) is 15.8. The van der Waals surface area contributed by atoms with E-state index in [1.807, 2.05) is 61.5 Å². The highest BCUT2D eigenvalue weighted by atomic mass is 16.3. The highest BCUT2D eigenvalue weighted by Crippen LogP contribution is 2.24. The fraction of sp³-hybridized carbons (Fsp3) is 0.273. The minimum atomic E-state index is -0.258. The molecule has 6 heteroatoms. The van der Waals surface area contributed by atoms with E-state index in [2.05, 4.69) is 10.6 Å². The Hall–Kier alpha value is -3.28. The number of furan rings is 1. The summed E-state index contributed by atoms with van der Waals surface area (Å²) in [6.45, 7) is 3.07. The number of amides is 3. The van der Waals surface area contributed by atoms with E-state index in [0.29, 0.717) is 13.0 Å². The van der Waals surface area contributed by atoms with Gasteiger partial charge in [-0.1, -0.05) is 30.3 Å². The Morgan fingerprint density at radius 1 is 1.18 bits per heavy atom. The van der Waals surface area contributed by atoms with Crippen LogP contribution in [0.25, 0.3) is 11.0 Å². The van der Waals surface area contributed by atoms with Crippen molar-refractivity contribution in [2.45, 2.75) is 32.4 Å². The summed E-state index contributed by atoms with van der Waals surface area (Å²) in [5, 5.41) is 6.77. The highest BCUT2D eigenvalue weighted by molar-refractivity contribution is 5.95. The van der Waals surface area contributed by atoms with Gasteiger partial charge in [0.05, 0.1) is 6.04 Å². The summed E-state index contributed by atoms with van der Waals surface area (Å²) in [4.78, 5) is 25.8. The maximum absolute atomic E-state index is 12.2. The standard InChI is InChI=1S/C22H23N3O3/c1-15(20-13-17-5-2-3-6-19(17)28-20)24-22(27)23-14-16-8-10-18(11-9-16)25-12-4-7-21(25)26/h2-3,5-6,8-11,13,15H,4,7,12,14H2,1H3,(H2,23,24,27). The van der Waals surface area contributed by atoms with E-state index in [4.69, 9.17) is 4.42 Å². The van der Waals surface area contributed by atoms with Crippen molar-refractivity contribution in [2.24, 2.45) is 0 Å². The summed E-state index contributed by atoms with van der Waals surface area (Å²) < 4.78 is 5.79. The molecular weight excluding hydrogens is 354 g/mol. The SMILES string of the molecule is CC(NC(=O)NCc1ccc(N2CCCC2=O)cc1)c1cc2ccccc2o1. The topological polar surface area (TPSA) is 74.6 Å². The summed E-state index contributed by atoms with van der Waals surface area (Å²) in [5.74, 6) is 0.890. The predicted molar refractivity (Wildman–Crippen MR) is 108 cm³/mol. The number of carbonyl (C=O) groups is 2. The maximum atomic E-state index is 12.2. The fourth-order valence-corrected chi connectivity index (χ4v) is 3.43. The first-order valence-electron chi connectivity index (χ1n) is 9.52. The molecule has 3 aromatic rings. The lowest BCUT2D eigenvalue weighted by Gasteiger charge is -2.16. The molecule has 28 heavy (non-hydrogen) atoms. The summed E-state index contributed by atoms with van der Waals surface area (Å²) >= 11 is 0. The number of benzene rings is 2. The van der Waals surface area contributed by atoms with Crippen molar-refractivity contribution >= 4 is 28.6 Å². The molecule has 1 aliphatic rings. The number of hydrogen-bond acceptors (Lipinski definition) is 3. The Kier molecular flexibility index (Phi) is 5.02. The molecular formula is C22H23N3O3. The first kappa shape index (κ1) is 18.1. The van der Waals surface area contributed by atoms with Crippen molar-refractivity contribution in [2.75, 3.05) is 11.4 Å². The van der Waals surface area contributed by atoms with Crippen LogP contribution in [-0.2, 0) is 11.3 Å². The van der Waals surface area contributed by atoms with Crippen LogP contribution >= 0.6 is 0 Å². The van der Waals surface area contributed by atoms with Gasteiger partial charge in [-0.2, -0.15) is 0 Å². The summed E-state index contributed by atoms with van der Waals surface area (Å²) in [7, 11) is 0. The molecule has 0 bridgehead atoms. The number of anilines is 1. The van der Waals surface area contributed by atoms with E-state index < -0.39 is 0 Å². The summed E-state index contributed by atoms with van der Waals surface area (Å²) in [6.07, 6.45) is 1.53. The van der Waals surface area contributed by atoms with E-state index in [1.165, 1.54) is 0 Å². The van der Waals surface area contributed by atoms with Crippen LogP contribution in [0.5, 0.6) is 0 Å². The van der Waals surface area contributed by atoms with Gasteiger partial charge in [0.25, 0.3) is 0 Å². The molecule has 0 radical (unpaired) electrons. The van der Waals surface area contributed by atoms with Crippen LogP contribution in [0.2, 0.25) is 0 Å². The lowest BCUT2D eigenvalue weighted by Crippen LogP contribution is -2.36. The minimum absolute atomic E-state index is 0.171. The number of fused-ring (bicyclic) bond motifs is 1. The number of nitrogens with one attached hydrogen (secondary N) is 2. The van der Waals surface area contributed by atoms with Crippen molar-refractivity contribution in [3.05, 3.63) is 65.9 Å². The Bertz CT molecular complexity index is 961. The zero-order chi connectivity index (χ0) is 19.5. The van der Waals surface area contributed by atoms with E-state index in [0.717, 1.165) is 40.9 Å². The number of para-hydroxylation sites is 1. The zero-order valence-electron chi connectivity index (χ0n) is 15.8. The van der Waals surface area contributed by atoms with Crippen LogP contribution in [-0.4, -0.2) is 18.5 Å². The molecule has 1 aliphatic heterocycles. The molecule has 1 atom stereocenters. The van der Waals surface area contributed by atoms with Gasteiger partial charge >= 0.3 is 6.03 Å². The second kappa shape index (κ2) is 7.76. The molecule has 4 rings (SSSR count).